The number of aryl methyl sites for hydroxylation is 1. The van der Waals surface area contributed by atoms with Gasteiger partial charge in [0.25, 0.3) is 0 Å². The molecule has 2 aromatic rings. The zero-order chi connectivity index (χ0) is 14.7. The van der Waals surface area contributed by atoms with Gasteiger partial charge in [-0.1, -0.05) is 6.92 Å². The minimum Gasteiger partial charge on any atom is -0.486 e. The standard InChI is InChI=1S/C15H18BrN3O2/c1-2-3-19-10-17-8-11(19)9-18-13-7-15-14(6-12(13)16)20-4-5-21-15/h6-8,10,18H,2-5,9H2,1H3. The number of aromatic nitrogens is 2. The summed E-state index contributed by atoms with van der Waals surface area (Å²) in [6.45, 7) is 5.06. The van der Waals surface area contributed by atoms with E-state index in [4.69, 9.17) is 9.47 Å². The molecule has 1 N–H and O–H groups in total. The average Bonchev–Trinajstić information content (AvgIpc) is 2.93. The van der Waals surface area contributed by atoms with Crippen LogP contribution in [0.4, 0.5) is 5.69 Å². The lowest BCUT2D eigenvalue weighted by molar-refractivity contribution is 0.171. The predicted molar refractivity (Wildman–Crippen MR) is 85.0 cm³/mol. The molecular weight excluding hydrogens is 334 g/mol. The number of fused-ring (bicyclic) bond motifs is 1. The molecule has 0 bridgehead atoms. The summed E-state index contributed by atoms with van der Waals surface area (Å²) >= 11 is 3.57. The maximum absolute atomic E-state index is 5.62. The van der Waals surface area contributed by atoms with Crippen LogP contribution in [0.1, 0.15) is 19.0 Å². The minimum atomic E-state index is 0.595. The maximum atomic E-state index is 5.62. The molecule has 5 nitrogen and oxygen atoms in total. The van der Waals surface area contributed by atoms with E-state index >= 15 is 0 Å². The van der Waals surface area contributed by atoms with Gasteiger partial charge >= 0.3 is 0 Å². The summed E-state index contributed by atoms with van der Waals surface area (Å²) in [7, 11) is 0. The maximum Gasteiger partial charge on any atom is 0.163 e. The second-order valence-electron chi connectivity index (χ2n) is 4.91. The topological polar surface area (TPSA) is 48.3 Å². The van der Waals surface area contributed by atoms with E-state index in [1.165, 1.54) is 5.69 Å². The van der Waals surface area contributed by atoms with E-state index < -0.39 is 0 Å². The molecule has 1 aliphatic heterocycles. The lowest BCUT2D eigenvalue weighted by Crippen LogP contribution is -2.15. The van der Waals surface area contributed by atoms with Gasteiger partial charge < -0.3 is 19.4 Å². The second-order valence-corrected chi connectivity index (χ2v) is 5.76. The Hall–Kier alpha value is -1.69. The van der Waals surface area contributed by atoms with Crippen LogP contribution in [0.15, 0.2) is 29.1 Å². The van der Waals surface area contributed by atoms with Gasteiger partial charge in [-0.15, -0.1) is 0 Å². The Bertz CT molecular complexity index is 627. The van der Waals surface area contributed by atoms with Crippen molar-refractivity contribution in [2.24, 2.45) is 0 Å². The summed E-state index contributed by atoms with van der Waals surface area (Å²) in [6, 6.07) is 3.92. The number of rotatable bonds is 5. The van der Waals surface area contributed by atoms with Gasteiger partial charge in [-0.05, 0) is 22.4 Å². The quantitative estimate of drug-likeness (QED) is 0.896. The van der Waals surface area contributed by atoms with Gasteiger partial charge in [0.1, 0.15) is 13.2 Å². The first-order chi connectivity index (χ1) is 10.3. The second kappa shape index (κ2) is 6.39. The molecular formula is C15H18BrN3O2. The molecule has 1 aliphatic rings. The molecule has 1 aromatic carbocycles. The van der Waals surface area contributed by atoms with Crippen LogP contribution in [0.2, 0.25) is 0 Å². The van der Waals surface area contributed by atoms with Crippen molar-refractivity contribution in [2.45, 2.75) is 26.4 Å². The van der Waals surface area contributed by atoms with Gasteiger partial charge in [-0.3, -0.25) is 0 Å². The molecule has 6 heteroatoms. The largest absolute Gasteiger partial charge is 0.486 e. The third kappa shape index (κ3) is 3.15. The lowest BCUT2D eigenvalue weighted by Gasteiger charge is -2.20. The van der Waals surface area contributed by atoms with Gasteiger partial charge in [-0.2, -0.15) is 0 Å². The van der Waals surface area contributed by atoms with Crippen molar-refractivity contribution in [3.05, 3.63) is 34.8 Å². The Balaban J connectivity index is 1.74. The normalized spacial score (nSPS) is 13.2. The van der Waals surface area contributed by atoms with Gasteiger partial charge in [0.2, 0.25) is 0 Å². The average molecular weight is 352 g/mol. The zero-order valence-electron chi connectivity index (χ0n) is 11.9. The molecule has 2 heterocycles. The van der Waals surface area contributed by atoms with Crippen LogP contribution in [-0.2, 0) is 13.1 Å². The number of nitrogens with one attached hydrogen (secondary N) is 1. The Labute approximate surface area is 132 Å². The van der Waals surface area contributed by atoms with Crippen molar-refractivity contribution >= 4 is 21.6 Å². The number of nitrogens with zero attached hydrogens (tertiary/aromatic N) is 2. The highest BCUT2D eigenvalue weighted by Gasteiger charge is 2.15. The monoisotopic (exact) mass is 351 g/mol. The number of halogens is 1. The van der Waals surface area contributed by atoms with Gasteiger partial charge in [0.15, 0.2) is 11.5 Å². The molecule has 0 spiro atoms. The molecule has 3 rings (SSSR count). The molecule has 1 aromatic heterocycles. The van der Waals surface area contributed by atoms with Crippen LogP contribution >= 0.6 is 15.9 Å². The number of benzene rings is 1. The van der Waals surface area contributed by atoms with E-state index in [-0.39, 0.29) is 0 Å². The summed E-state index contributed by atoms with van der Waals surface area (Å²) < 4.78 is 14.3. The SMILES string of the molecule is CCCn1cncc1CNc1cc2c(cc1Br)OCCO2. The number of imidazole rings is 1. The predicted octanol–water partition coefficient (Wildman–Crippen LogP) is 3.44. The highest BCUT2D eigenvalue weighted by Crippen LogP contribution is 2.38. The summed E-state index contributed by atoms with van der Waals surface area (Å²) in [5.74, 6) is 1.57. The highest BCUT2D eigenvalue weighted by atomic mass is 79.9. The van der Waals surface area contributed by atoms with Gasteiger partial charge in [-0.25, -0.2) is 4.98 Å². The fraction of sp³-hybridized carbons (Fsp3) is 0.400. The van der Waals surface area contributed by atoms with E-state index in [0.29, 0.717) is 13.2 Å². The van der Waals surface area contributed by atoms with E-state index in [1.807, 2.05) is 24.7 Å². The summed E-state index contributed by atoms with van der Waals surface area (Å²) in [6.07, 6.45) is 4.87. The number of ether oxygens (including phenoxy) is 2. The van der Waals surface area contributed by atoms with Crippen molar-refractivity contribution in [3.8, 4) is 11.5 Å². The molecule has 0 fully saturated rings. The van der Waals surface area contributed by atoms with E-state index in [9.17, 15) is 0 Å². The van der Waals surface area contributed by atoms with Crippen molar-refractivity contribution in [1.29, 1.82) is 0 Å². The number of hydrogen-bond donors (Lipinski definition) is 1. The Morgan fingerprint density at radius 2 is 2.05 bits per heavy atom. The lowest BCUT2D eigenvalue weighted by atomic mass is 10.2. The van der Waals surface area contributed by atoms with Crippen molar-refractivity contribution in [2.75, 3.05) is 18.5 Å². The summed E-state index contributed by atoms with van der Waals surface area (Å²) in [5.41, 5.74) is 2.15. The summed E-state index contributed by atoms with van der Waals surface area (Å²) in [5, 5.41) is 3.42. The Kier molecular flexibility index (Phi) is 4.34. The molecule has 0 radical (unpaired) electrons. The van der Waals surface area contributed by atoms with Gasteiger partial charge in [0, 0.05) is 29.3 Å². The molecule has 0 aliphatic carbocycles. The first-order valence-electron chi connectivity index (χ1n) is 7.10. The van der Waals surface area contributed by atoms with Crippen LogP contribution < -0.4 is 14.8 Å². The van der Waals surface area contributed by atoms with Crippen LogP contribution in [-0.4, -0.2) is 22.8 Å². The smallest absolute Gasteiger partial charge is 0.163 e. The molecule has 112 valence electrons. The van der Waals surface area contributed by atoms with Crippen LogP contribution in [0.5, 0.6) is 11.5 Å². The fourth-order valence-corrected chi connectivity index (χ4v) is 2.79. The van der Waals surface area contributed by atoms with Crippen molar-refractivity contribution < 1.29 is 9.47 Å². The van der Waals surface area contributed by atoms with E-state index in [2.05, 4.69) is 37.7 Å². The molecule has 0 amide bonds. The zero-order valence-corrected chi connectivity index (χ0v) is 13.5. The third-order valence-electron chi connectivity index (χ3n) is 3.35. The van der Waals surface area contributed by atoms with Crippen molar-refractivity contribution in [3.63, 3.8) is 0 Å². The van der Waals surface area contributed by atoms with Crippen LogP contribution in [0.3, 0.4) is 0 Å². The molecule has 0 saturated heterocycles. The number of anilines is 1. The molecule has 0 atom stereocenters. The van der Waals surface area contributed by atoms with Crippen molar-refractivity contribution in [1.82, 2.24) is 9.55 Å². The van der Waals surface area contributed by atoms with Crippen LogP contribution in [0.25, 0.3) is 0 Å². The number of hydrogen-bond acceptors (Lipinski definition) is 4. The fourth-order valence-electron chi connectivity index (χ4n) is 2.32. The minimum absolute atomic E-state index is 0.595. The molecule has 21 heavy (non-hydrogen) atoms. The van der Waals surface area contributed by atoms with Gasteiger partial charge in [0.05, 0.1) is 24.3 Å². The first-order valence-corrected chi connectivity index (χ1v) is 7.89. The van der Waals surface area contributed by atoms with Crippen LogP contribution in [0, 0.1) is 0 Å². The Morgan fingerprint density at radius 3 is 2.81 bits per heavy atom. The highest BCUT2D eigenvalue weighted by molar-refractivity contribution is 9.10. The van der Waals surface area contributed by atoms with E-state index in [1.54, 1.807) is 0 Å². The molecule has 0 unspecified atom stereocenters. The van der Waals surface area contributed by atoms with E-state index in [0.717, 1.165) is 41.2 Å². The first kappa shape index (κ1) is 14.3. The summed E-state index contributed by atoms with van der Waals surface area (Å²) in [4.78, 5) is 4.21. The Morgan fingerprint density at radius 1 is 1.29 bits per heavy atom. The third-order valence-corrected chi connectivity index (χ3v) is 4.01. The molecule has 0 saturated carbocycles.